The molecule has 0 heterocycles. The first kappa shape index (κ1) is 17.5. The van der Waals surface area contributed by atoms with Gasteiger partial charge in [0.25, 0.3) is 0 Å². The Hall–Kier alpha value is -1.51. The number of carbonyl (C=O) groups is 1. The van der Waals surface area contributed by atoms with Gasteiger partial charge >= 0.3 is 5.97 Å². The van der Waals surface area contributed by atoms with Crippen LogP contribution in [0.1, 0.15) is 53.5 Å². The molecule has 3 heteroatoms. The number of hydrogen-bond acceptors (Lipinski definition) is 3. The molecule has 1 aromatic carbocycles. The van der Waals surface area contributed by atoms with Crippen molar-refractivity contribution in [1.82, 2.24) is 0 Å². The lowest BCUT2D eigenvalue weighted by atomic mass is 9.72. The molecule has 0 spiro atoms. The van der Waals surface area contributed by atoms with E-state index in [0.29, 0.717) is 12.4 Å². The minimum Gasteiger partial charge on any atom is -0.482 e. The van der Waals surface area contributed by atoms with Crippen molar-refractivity contribution in [1.29, 1.82) is 0 Å². The molecule has 3 nitrogen and oxygen atoms in total. The molecule has 0 atom stereocenters. The highest BCUT2D eigenvalue weighted by Crippen LogP contribution is 2.36. The van der Waals surface area contributed by atoms with Crippen molar-refractivity contribution in [2.75, 3.05) is 13.2 Å². The fraction of sp³-hybridized carbons (Fsp3) is 0.611. The van der Waals surface area contributed by atoms with Gasteiger partial charge in [-0.15, -0.1) is 0 Å². The standard InChI is InChI=1S/C18H28O3/c1-7-20-16(19)12-21-15-10-8-14(9-11-15)18(5,6)13-17(2,3)4/h8-11H,7,12-13H2,1-6H3. The van der Waals surface area contributed by atoms with Gasteiger partial charge in [0.2, 0.25) is 0 Å². The molecule has 0 N–H and O–H groups in total. The fourth-order valence-corrected chi connectivity index (χ4v) is 2.78. The molecular formula is C18H28O3. The zero-order valence-corrected chi connectivity index (χ0v) is 14.2. The number of esters is 1. The summed E-state index contributed by atoms with van der Waals surface area (Å²) in [4.78, 5) is 11.3. The Bertz CT molecular complexity index is 452. The topological polar surface area (TPSA) is 35.5 Å². The van der Waals surface area contributed by atoms with Crippen LogP contribution in [0.3, 0.4) is 0 Å². The minimum absolute atomic E-state index is 0.0431. The molecule has 0 fully saturated rings. The summed E-state index contributed by atoms with van der Waals surface area (Å²) in [5, 5.41) is 0. The molecule has 0 amide bonds. The Kier molecular flexibility index (Phi) is 5.82. The van der Waals surface area contributed by atoms with E-state index in [1.165, 1.54) is 5.56 Å². The predicted octanol–water partition coefficient (Wildman–Crippen LogP) is 4.34. The van der Waals surface area contributed by atoms with Crippen LogP contribution in [-0.2, 0) is 14.9 Å². The van der Waals surface area contributed by atoms with Gasteiger partial charge in [-0.2, -0.15) is 0 Å². The van der Waals surface area contributed by atoms with Gasteiger partial charge in [-0.3, -0.25) is 0 Å². The second-order valence-electron chi connectivity index (χ2n) is 7.24. The van der Waals surface area contributed by atoms with Crippen molar-refractivity contribution >= 4 is 5.97 Å². The maximum absolute atomic E-state index is 11.3. The smallest absolute Gasteiger partial charge is 0.344 e. The van der Waals surface area contributed by atoms with E-state index in [4.69, 9.17) is 9.47 Å². The van der Waals surface area contributed by atoms with Crippen LogP contribution in [0.15, 0.2) is 24.3 Å². The Morgan fingerprint density at radius 1 is 1.05 bits per heavy atom. The van der Waals surface area contributed by atoms with Crippen LogP contribution in [0.25, 0.3) is 0 Å². The second kappa shape index (κ2) is 6.97. The molecule has 1 rings (SSSR count). The summed E-state index contributed by atoms with van der Waals surface area (Å²) in [5.74, 6) is 0.355. The van der Waals surface area contributed by atoms with Gasteiger partial charge in [0, 0.05) is 0 Å². The van der Waals surface area contributed by atoms with E-state index in [1.807, 2.05) is 12.1 Å². The highest BCUT2D eigenvalue weighted by atomic mass is 16.6. The molecule has 118 valence electrons. The van der Waals surface area contributed by atoms with Crippen molar-refractivity contribution in [2.24, 2.45) is 5.41 Å². The van der Waals surface area contributed by atoms with Crippen molar-refractivity contribution in [3.05, 3.63) is 29.8 Å². The quantitative estimate of drug-likeness (QED) is 0.732. The van der Waals surface area contributed by atoms with Gasteiger partial charge in [-0.25, -0.2) is 4.79 Å². The van der Waals surface area contributed by atoms with Crippen LogP contribution in [-0.4, -0.2) is 19.2 Å². The average Bonchev–Trinajstić information content (AvgIpc) is 2.34. The van der Waals surface area contributed by atoms with E-state index in [0.717, 1.165) is 6.42 Å². The third-order valence-corrected chi connectivity index (χ3v) is 3.27. The third-order valence-electron chi connectivity index (χ3n) is 3.27. The van der Waals surface area contributed by atoms with Crippen molar-refractivity contribution in [2.45, 2.75) is 53.4 Å². The lowest BCUT2D eigenvalue weighted by Gasteiger charge is -2.33. The van der Waals surface area contributed by atoms with Gasteiger partial charge in [0.05, 0.1) is 6.61 Å². The van der Waals surface area contributed by atoms with E-state index in [2.05, 4.69) is 46.8 Å². The summed E-state index contributed by atoms with van der Waals surface area (Å²) >= 11 is 0. The molecular weight excluding hydrogens is 264 g/mol. The molecule has 1 aromatic rings. The van der Waals surface area contributed by atoms with Crippen LogP contribution in [0.5, 0.6) is 5.75 Å². The Balaban J connectivity index is 2.67. The zero-order chi connectivity index (χ0) is 16.1. The molecule has 0 aliphatic carbocycles. The number of hydrogen-bond donors (Lipinski definition) is 0. The number of carbonyl (C=O) groups excluding carboxylic acids is 1. The minimum atomic E-state index is -0.338. The van der Waals surface area contributed by atoms with Crippen LogP contribution in [0.2, 0.25) is 0 Å². The monoisotopic (exact) mass is 292 g/mol. The largest absolute Gasteiger partial charge is 0.482 e. The van der Waals surface area contributed by atoms with Crippen LogP contribution >= 0.6 is 0 Å². The maximum atomic E-state index is 11.3. The highest BCUT2D eigenvalue weighted by molar-refractivity contribution is 5.71. The lowest BCUT2D eigenvalue weighted by Crippen LogP contribution is -2.24. The first-order valence-corrected chi connectivity index (χ1v) is 7.53. The van der Waals surface area contributed by atoms with E-state index < -0.39 is 0 Å². The number of ether oxygens (including phenoxy) is 2. The van der Waals surface area contributed by atoms with Gasteiger partial charge in [0.1, 0.15) is 5.75 Å². The van der Waals surface area contributed by atoms with E-state index >= 15 is 0 Å². The average molecular weight is 292 g/mol. The van der Waals surface area contributed by atoms with Crippen molar-refractivity contribution < 1.29 is 14.3 Å². The van der Waals surface area contributed by atoms with Crippen molar-refractivity contribution in [3.63, 3.8) is 0 Å². The molecule has 21 heavy (non-hydrogen) atoms. The van der Waals surface area contributed by atoms with Gasteiger partial charge in [-0.1, -0.05) is 46.8 Å². The first-order chi connectivity index (χ1) is 9.64. The van der Waals surface area contributed by atoms with Gasteiger partial charge in [-0.05, 0) is 41.9 Å². The number of rotatable bonds is 6. The summed E-state index contributed by atoms with van der Waals surface area (Å²) in [6.07, 6.45) is 1.10. The lowest BCUT2D eigenvalue weighted by molar-refractivity contribution is -0.145. The molecule has 0 bridgehead atoms. The van der Waals surface area contributed by atoms with E-state index in [-0.39, 0.29) is 23.4 Å². The molecule has 0 aliphatic heterocycles. The molecule has 0 saturated heterocycles. The van der Waals surface area contributed by atoms with E-state index in [1.54, 1.807) is 6.92 Å². The summed E-state index contributed by atoms with van der Waals surface area (Å²) in [6.45, 7) is 13.4. The van der Waals surface area contributed by atoms with Gasteiger partial charge < -0.3 is 9.47 Å². The molecule has 0 aliphatic rings. The molecule has 0 saturated carbocycles. The van der Waals surface area contributed by atoms with Crippen LogP contribution < -0.4 is 4.74 Å². The Labute approximate surface area is 128 Å². The normalized spacial score (nSPS) is 12.1. The van der Waals surface area contributed by atoms with Crippen molar-refractivity contribution in [3.8, 4) is 5.75 Å². The highest BCUT2D eigenvalue weighted by Gasteiger charge is 2.27. The summed E-state index contributed by atoms with van der Waals surface area (Å²) in [7, 11) is 0. The summed E-state index contributed by atoms with van der Waals surface area (Å²) in [5.41, 5.74) is 1.67. The number of benzene rings is 1. The van der Waals surface area contributed by atoms with Gasteiger partial charge in [0.15, 0.2) is 6.61 Å². The fourth-order valence-electron chi connectivity index (χ4n) is 2.78. The maximum Gasteiger partial charge on any atom is 0.344 e. The second-order valence-corrected chi connectivity index (χ2v) is 7.24. The zero-order valence-electron chi connectivity index (χ0n) is 14.2. The third kappa shape index (κ3) is 6.19. The molecule has 0 radical (unpaired) electrons. The summed E-state index contributed by atoms with van der Waals surface area (Å²) in [6, 6.07) is 7.98. The Morgan fingerprint density at radius 2 is 1.62 bits per heavy atom. The SMILES string of the molecule is CCOC(=O)COc1ccc(C(C)(C)CC(C)(C)C)cc1. The van der Waals surface area contributed by atoms with Crippen LogP contribution in [0, 0.1) is 5.41 Å². The predicted molar refractivity (Wildman–Crippen MR) is 85.7 cm³/mol. The molecule has 0 unspecified atom stereocenters. The summed E-state index contributed by atoms with van der Waals surface area (Å²) < 4.78 is 10.2. The first-order valence-electron chi connectivity index (χ1n) is 7.53. The van der Waals surface area contributed by atoms with Crippen LogP contribution in [0.4, 0.5) is 0 Å². The van der Waals surface area contributed by atoms with E-state index in [9.17, 15) is 4.79 Å². The molecule has 0 aromatic heterocycles. The Morgan fingerprint density at radius 3 is 2.10 bits per heavy atom.